The molecule has 0 atom stereocenters. The van der Waals surface area contributed by atoms with Gasteiger partial charge in [0.15, 0.2) is 0 Å². The summed E-state index contributed by atoms with van der Waals surface area (Å²) >= 11 is 5.73. The highest BCUT2D eigenvalue weighted by molar-refractivity contribution is 7.81. The van der Waals surface area contributed by atoms with Gasteiger partial charge in [0.2, 0.25) is 0 Å². The molecule has 0 spiro atoms. The molecule has 0 bridgehead atoms. The van der Waals surface area contributed by atoms with E-state index in [2.05, 4.69) is 51.1 Å². The van der Waals surface area contributed by atoms with Crippen molar-refractivity contribution in [3.63, 3.8) is 0 Å². The maximum atomic E-state index is 6.53. The molecule has 0 aliphatic carbocycles. The summed E-state index contributed by atoms with van der Waals surface area (Å²) in [5, 5.41) is 0. The summed E-state index contributed by atoms with van der Waals surface area (Å²) in [4.78, 5) is 0.844. The first-order valence-corrected chi connectivity index (χ1v) is 21.3. The molecule has 0 aromatic heterocycles. The summed E-state index contributed by atoms with van der Waals surface area (Å²) in [7, 11) is 0. The van der Waals surface area contributed by atoms with Crippen LogP contribution >= 0.6 is 12.2 Å². The molecule has 0 saturated heterocycles. The minimum atomic E-state index is 0.766. The Morgan fingerprint density at radius 2 is 0.898 bits per heavy atom. The Balaban J connectivity index is 1.86. The van der Waals surface area contributed by atoms with E-state index in [0.717, 1.165) is 66.4 Å². The Hall–Kier alpha value is -2.13. The average Bonchev–Trinajstić information content (AvgIpc) is 3.12. The molecule has 0 N–H and O–H groups in total. The van der Waals surface area contributed by atoms with Gasteiger partial charge in [0, 0.05) is 10.4 Å². The Bertz CT molecular complexity index is 1040. The summed E-state index contributed by atoms with van der Waals surface area (Å²) in [6.07, 6.45) is 38.7. The molecule has 276 valence electrons. The number of hydrogen-bond acceptors (Lipinski definition) is 3. The lowest BCUT2D eigenvalue weighted by Crippen LogP contribution is -2.05. The fourth-order valence-electron chi connectivity index (χ4n) is 6.61. The highest BCUT2D eigenvalue weighted by Gasteiger charge is 2.13. The average molecular weight is 691 g/mol. The third-order valence-corrected chi connectivity index (χ3v) is 10.1. The molecule has 0 unspecified atom stereocenters. The van der Waals surface area contributed by atoms with Gasteiger partial charge in [0.1, 0.15) is 11.5 Å². The molecule has 0 radical (unpaired) electrons. The van der Waals surface area contributed by atoms with Crippen molar-refractivity contribution in [2.24, 2.45) is 0 Å². The summed E-state index contributed by atoms with van der Waals surface area (Å²) < 4.78 is 13.1. The van der Waals surface area contributed by atoms with Crippen molar-refractivity contribution in [3.8, 4) is 11.5 Å². The summed E-state index contributed by atoms with van der Waals surface area (Å²) in [5.41, 5.74) is 3.39. The minimum Gasteiger partial charge on any atom is -0.493 e. The molecular formula is C46H74O2S. The van der Waals surface area contributed by atoms with E-state index in [1.807, 2.05) is 24.3 Å². The zero-order valence-corrected chi connectivity index (χ0v) is 33.0. The number of allylic oxidation sites excluding steroid dienone is 1. The highest BCUT2D eigenvalue weighted by atomic mass is 32.1. The normalized spacial score (nSPS) is 11.4. The van der Waals surface area contributed by atoms with E-state index in [0.29, 0.717) is 0 Å². The van der Waals surface area contributed by atoms with Crippen molar-refractivity contribution in [1.29, 1.82) is 0 Å². The monoisotopic (exact) mass is 691 g/mol. The van der Waals surface area contributed by atoms with Gasteiger partial charge < -0.3 is 9.47 Å². The van der Waals surface area contributed by atoms with Crippen LogP contribution in [0.2, 0.25) is 0 Å². The third kappa shape index (κ3) is 21.6. The Morgan fingerprint density at radius 1 is 0.510 bits per heavy atom. The fraction of sp³-hybridized carbons (Fsp3) is 0.674. The largest absolute Gasteiger partial charge is 0.493 e. The van der Waals surface area contributed by atoms with Crippen LogP contribution in [-0.4, -0.2) is 18.1 Å². The van der Waals surface area contributed by atoms with Crippen molar-refractivity contribution < 1.29 is 9.47 Å². The number of thiocarbonyl (C=S) groups is 1. The Labute approximate surface area is 309 Å². The van der Waals surface area contributed by atoms with Crippen molar-refractivity contribution in [2.75, 3.05) is 13.2 Å². The molecule has 3 heteroatoms. The number of benzene rings is 2. The topological polar surface area (TPSA) is 18.5 Å². The molecule has 0 amide bonds. The van der Waals surface area contributed by atoms with Crippen molar-refractivity contribution in [3.05, 3.63) is 65.2 Å². The number of hydrogen-bond donors (Lipinski definition) is 0. The van der Waals surface area contributed by atoms with Crippen LogP contribution in [0.5, 0.6) is 11.5 Å². The number of ether oxygens (including phenoxy) is 2. The number of rotatable bonds is 33. The van der Waals surface area contributed by atoms with Crippen molar-refractivity contribution in [1.82, 2.24) is 0 Å². The van der Waals surface area contributed by atoms with Crippen molar-refractivity contribution >= 4 is 23.2 Å². The highest BCUT2D eigenvalue weighted by Crippen LogP contribution is 2.33. The zero-order valence-electron chi connectivity index (χ0n) is 32.2. The molecule has 0 saturated carbocycles. The van der Waals surface area contributed by atoms with Gasteiger partial charge in [-0.15, -0.1) is 0 Å². The van der Waals surface area contributed by atoms with Crippen LogP contribution in [0.4, 0.5) is 0 Å². The second-order valence-electron chi connectivity index (χ2n) is 14.3. The van der Waals surface area contributed by atoms with Gasteiger partial charge in [-0.05, 0) is 48.6 Å². The first-order chi connectivity index (χ1) is 24.2. The summed E-state index contributed by atoms with van der Waals surface area (Å²) in [6, 6.07) is 14.7. The molecule has 2 rings (SSSR count). The number of unbranched alkanes of at least 4 members (excludes halogenated alkanes) is 22. The van der Waals surface area contributed by atoms with Crippen LogP contribution in [-0.2, 0) is 6.42 Å². The zero-order chi connectivity index (χ0) is 35.0. The lowest BCUT2D eigenvalue weighted by molar-refractivity contribution is 0.284. The molecular weight excluding hydrogens is 617 g/mol. The molecule has 0 aliphatic heterocycles. The van der Waals surface area contributed by atoms with Gasteiger partial charge >= 0.3 is 0 Å². The summed E-state index contributed by atoms with van der Waals surface area (Å²) in [5.74, 6) is 1.98. The second kappa shape index (κ2) is 30.7. The molecule has 0 fully saturated rings. The van der Waals surface area contributed by atoms with Gasteiger partial charge in [-0.2, -0.15) is 0 Å². The third-order valence-electron chi connectivity index (χ3n) is 9.69. The van der Waals surface area contributed by atoms with Crippen LogP contribution < -0.4 is 9.47 Å². The standard InChI is InChI=1S/C46H74O2S/c1-4-7-9-11-13-15-17-19-21-23-25-30-37-47-44-39-41(35-36-46(49)42-33-28-27-29-34-42)40-45(43(44)32-6-3)48-38-31-26-24-22-20-18-16-14-12-10-8-5-2/h27-29,33-36,39-40H,4-26,30-32,37-38H2,1-3H3. The van der Waals surface area contributed by atoms with E-state index in [9.17, 15) is 0 Å². The predicted molar refractivity (Wildman–Crippen MR) is 221 cm³/mol. The Morgan fingerprint density at radius 3 is 1.29 bits per heavy atom. The fourth-order valence-corrected chi connectivity index (χ4v) is 6.82. The van der Waals surface area contributed by atoms with E-state index in [1.165, 1.54) is 147 Å². The first kappa shape index (κ1) is 43.0. The maximum Gasteiger partial charge on any atom is 0.126 e. The lowest BCUT2D eigenvalue weighted by atomic mass is 10.0. The molecule has 2 aromatic rings. The molecule has 2 nitrogen and oxygen atoms in total. The summed E-state index contributed by atoms with van der Waals surface area (Å²) in [6.45, 7) is 8.36. The van der Waals surface area contributed by atoms with Crippen LogP contribution in [0.15, 0.2) is 48.5 Å². The van der Waals surface area contributed by atoms with Gasteiger partial charge in [0.25, 0.3) is 0 Å². The SMILES string of the molecule is CCCCCCCCCCCCCCOc1cc(C=CC(=S)c2ccccc2)cc(OCCCCCCCCCCCCCC)c1CCC. The van der Waals surface area contributed by atoms with Gasteiger partial charge in [-0.1, -0.05) is 217 Å². The van der Waals surface area contributed by atoms with Crippen LogP contribution in [0.25, 0.3) is 6.08 Å². The smallest absolute Gasteiger partial charge is 0.126 e. The van der Waals surface area contributed by atoms with Gasteiger partial charge in [-0.3, -0.25) is 0 Å². The van der Waals surface area contributed by atoms with Gasteiger partial charge in [-0.25, -0.2) is 0 Å². The second-order valence-corrected chi connectivity index (χ2v) is 14.7. The molecule has 0 aliphatic rings. The molecule has 49 heavy (non-hydrogen) atoms. The van der Waals surface area contributed by atoms with Crippen molar-refractivity contribution in [2.45, 2.75) is 188 Å². The van der Waals surface area contributed by atoms with E-state index in [1.54, 1.807) is 0 Å². The predicted octanol–water partition coefficient (Wildman–Crippen LogP) is 15.2. The molecule has 0 heterocycles. The van der Waals surface area contributed by atoms with Crippen LogP contribution in [0.1, 0.15) is 198 Å². The lowest BCUT2D eigenvalue weighted by Gasteiger charge is -2.18. The van der Waals surface area contributed by atoms with E-state index in [-0.39, 0.29) is 0 Å². The van der Waals surface area contributed by atoms with Crippen LogP contribution in [0, 0.1) is 0 Å². The maximum absolute atomic E-state index is 6.53. The van der Waals surface area contributed by atoms with E-state index < -0.39 is 0 Å². The van der Waals surface area contributed by atoms with E-state index >= 15 is 0 Å². The van der Waals surface area contributed by atoms with Crippen LogP contribution in [0.3, 0.4) is 0 Å². The minimum absolute atomic E-state index is 0.766. The van der Waals surface area contributed by atoms with Gasteiger partial charge in [0.05, 0.1) is 13.2 Å². The quantitative estimate of drug-likeness (QED) is 0.0321. The van der Waals surface area contributed by atoms with E-state index in [4.69, 9.17) is 21.7 Å². The first-order valence-electron chi connectivity index (χ1n) is 20.9. The Kier molecular flexibility index (Phi) is 26.9. The molecule has 2 aromatic carbocycles.